The number of anilines is 1. The molecule has 0 unspecified atom stereocenters. The molecule has 0 saturated carbocycles. The number of sulfonamides is 1. The predicted octanol–water partition coefficient (Wildman–Crippen LogP) is 5.14. The maximum atomic E-state index is 13.1. The average Bonchev–Trinajstić information content (AvgIpc) is 3.06. The second kappa shape index (κ2) is 7.50. The monoisotopic (exact) mass is 434 g/mol. The van der Waals surface area contributed by atoms with Crippen molar-refractivity contribution >= 4 is 26.7 Å². The van der Waals surface area contributed by atoms with Gasteiger partial charge in [-0.25, -0.2) is 13.1 Å². The highest BCUT2D eigenvalue weighted by atomic mass is 32.2. The number of nitrogens with one attached hydrogen (secondary N) is 1. The molecule has 0 bridgehead atoms. The zero-order valence-corrected chi connectivity index (χ0v) is 19.2. The summed E-state index contributed by atoms with van der Waals surface area (Å²) in [6, 6.07) is 16.4. The molecule has 0 spiro atoms. The summed E-state index contributed by atoms with van der Waals surface area (Å²) in [7, 11) is -3.78. The van der Waals surface area contributed by atoms with Crippen LogP contribution in [-0.4, -0.2) is 23.2 Å². The number of hydrogen-bond acceptors (Lipinski definition) is 4. The molecule has 7 heteroatoms. The van der Waals surface area contributed by atoms with E-state index in [1.165, 1.54) is 0 Å². The van der Waals surface area contributed by atoms with E-state index in [-0.39, 0.29) is 10.3 Å². The second-order valence-corrected chi connectivity index (χ2v) is 10.4. The Morgan fingerprint density at radius 2 is 1.68 bits per heavy atom. The van der Waals surface area contributed by atoms with Gasteiger partial charge in [-0.1, -0.05) is 39.0 Å². The van der Waals surface area contributed by atoms with Crippen molar-refractivity contribution in [3.05, 3.63) is 77.6 Å². The molecular formula is C24H26N4O2S. The van der Waals surface area contributed by atoms with Crippen molar-refractivity contribution in [2.24, 2.45) is 0 Å². The van der Waals surface area contributed by atoms with E-state index in [1.807, 2.05) is 50.2 Å². The Labute approximate surface area is 183 Å². The van der Waals surface area contributed by atoms with E-state index < -0.39 is 10.0 Å². The van der Waals surface area contributed by atoms with Gasteiger partial charge < -0.3 is 0 Å². The Kier molecular flexibility index (Phi) is 5.09. The van der Waals surface area contributed by atoms with E-state index in [2.05, 4.69) is 35.6 Å². The Morgan fingerprint density at radius 1 is 0.968 bits per heavy atom. The molecule has 0 saturated heterocycles. The van der Waals surface area contributed by atoms with Crippen molar-refractivity contribution < 1.29 is 8.42 Å². The van der Waals surface area contributed by atoms with Crippen LogP contribution in [0.15, 0.2) is 65.7 Å². The maximum Gasteiger partial charge on any atom is 0.263 e. The summed E-state index contributed by atoms with van der Waals surface area (Å²) in [5, 5.41) is 5.49. The minimum Gasteiger partial charge on any atom is -0.263 e. The smallest absolute Gasteiger partial charge is 0.263 e. The number of rotatable bonds is 4. The standard InChI is InChI=1S/C24H26N4O2S/c1-16-13-14-25-20-7-6-8-21(23(16)20)28-22(15-17(2)26-28)27-31(29,30)19-11-9-18(10-12-19)24(3,4)5/h6-15,27H,1-5H3. The number of fused-ring (bicyclic) bond motifs is 1. The molecule has 0 fully saturated rings. The third kappa shape index (κ3) is 4.05. The molecule has 2 heterocycles. The third-order valence-electron chi connectivity index (χ3n) is 5.28. The highest BCUT2D eigenvalue weighted by Crippen LogP contribution is 2.29. The van der Waals surface area contributed by atoms with Crippen LogP contribution in [0.4, 0.5) is 5.82 Å². The van der Waals surface area contributed by atoms with Gasteiger partial charge in [-0.3, -0.25) is 9.71 Å². The van der Waals surface area contributed by atoms with Gasteiger partial charge in [0, 0.05) is 17.6 Å². The van der Waals surface area contributed by atoms with E-state index in [9.17, 15) is 8.42 Å². The number of aryl methyl sites for hydroxylation is 2. The molecule has 4 rings (SSSR count). The molecule has 0 radical (unpaired) electrons. The zero-order chi connectivity index (χ0) is 22.4. The number of hydrogen-bond donors (Lipinski definition) is 1. The quantitative estimate of drug-likeness (QED) is 0.483. The highest BCUT2D eigenvalue weighted by Gasteiger charge is 2.21. The average molecular weight is 435 g/mol. The molecule has 2 aromatic carbocycles. The van der Waals surface area contributed by atoms with Gasteiger partial charge in [0.05, 0.1) is 21.8 Å². The van der Waals surface area contributed by atoms with E-state index in [1.54, 1.807) is 29.1 Å². The summed E-state index contributed by atoms with van der Waals surface area (Å²) >= 11 is 0. The van der Waals surface area contributed by atoms with Crippen molar-refractivity contribution in [1.82, 2.24) is 14.8 Å². The van der Waals surface area contributed by atoms with Crippen LogP contribution in [0.2, 0.25) is 0 Å². The Hall–Kier alpha value is -3.19. The molecule has 0 aliphatic carbocycles. The Bertz CT molecular complexity index is 1360. The normalized spacial score (nSPS) is 12.3. The lowest BCUT2D eigenvalue weighted by Gasteiger charge is -2.19. The van der Waals surface area contributed by atoms with Crippen LogP contribution >= 0.6 is 0 Å². The van der Waals surface area contributed by atoms with Crippen molar-refractivity contribution in [3.63, 3.8) is 0 Å². The first-order valence-electron chi connectivity index (χ1n) is 10.1. The van der Waals surface area contributed by atoms with Crippen LogP contribution in [0.5, 0.6) is 0 Å². The fraction of sp³-hybridized carbons (Fsp3) is 0.250. The maximum absolute atomic E-state index is 13.1. The molecule has 0 aliphatic heterocycles. The van der Waals surface area contributed by atoms with Gasteiger partial charge in [0.1, 0.15) is 5.82 Å². The minimum atomic E-state index is -3.78. The van der Waals surface area contributed by atoms with Gasteiger partial charge in [0.25, 0.3) is 10.0 Å². The minimum absolute atomic E-state index is 0.0499. The fourth-order valence-corrected chi connectivity index (χ4v) is 4.65. The molecule has 160 valence electrons. The van der Waals surface area contributed by atoms with Gasteiger partial charge in [0.15, 0.2) is 0 Å². The van der Waals surface area contributed by atoms with Crippen molar-refractivity contribution in [2.45, 2.75) is 44.9 Å². The molecule has 2 aromatic heterocycles. The second-order valence-electron chi connectivity index (χ2n) is 8.76. The van der Waals surface area contributed by atoms with Gasteiger partial charge >= 0.3 is 0 Å². The molecule has 0 aliphatic rings. The molecular weight excluding hydrogens is 408 g/mol. The summed E-state index contributed by atoms with van der Waals surface area (Å²) in [5.74, 6) is 0.383. The van der Waals surface area contributed by atoms with Crippen LogP contribution in [0.1, 0.15) is 37.6 Å². The molecule has 4 aromatic rings. The van der Waals surface area contributed by atoms with Crippen LogP contribution < -0.4 is 4.72 Å². The topological polar surface area (TPSA) is 76.9 Å². The fourth-order valence-electron chi connectivity index (χ4n) is 3.62. The number of aromatic nitrogens is 3. The van der Waals surface area contributed by atoms with Gasteiger partial charge in [-0.05, 0) is 60.7 Å². The number of nitrogens with zero attached hydrogens (tertiary/aromatic N) is 3. The number of pyridine rings is 1. The van der Waals surface area contributed by atoms with Gasteiger partial charge in [0.2, 0.25) is 0 Å². The zero-order valence-electron chi connectivity index (χ0n) is 18.3. The molecule has 6 nitrogen and oxygen atoms in total. The lowest BCUT2D eigenvalue weighted by molar-refractivity contribution is 0.587. The van der Waals surface area contributed by atoms with Crippen LogP contribution in [0.25, 0.3) is 16.6 Å². The van der Waals surface area contributed by atoms with Crippen LogP contribution in [-0.2, 0) is 15.4 Å². The van der Waals surface area contributed by atoms with E-state index in [0.29, 0.717) is 11.5 Å². The third-order valence-corrected chi connectivity index (χ3v) is 6.65. The Morgan fingerprint density at radius 3 is 2.35 bits per heavy atom. The molecule has 0 atom stereocenters. The summed E-state index contributed by atoms with van der Waals surface area (Å²) in [6.07, 6.45) is 1.76. The predicted molar refractivity (Wildman–Crippen MR) is 124 cm³/mol. The SMILES string of the molecule is Cc1cc(NS(=O)(=O)c2ccc(C(C)(C)C)cc2)n(-c2cccc3nccc(C)c23)n1. The van der Waals surface area contributed by atoms with Crippen molar-refractivity contribution in [3.8, 4) is 5.69 Å². The van der Waals surface area contributed by atoms with E-state index >= 15 is 0 Å². The lowest BCUT2D eigenvalue weighted by atomic mass is 9.87. The number of benzene rings is 2. The first-order valence-corrected chi connectivity index (χ1v) is 11.6. The lowest BCUT2D eigenvalue weighted by Crippen LogP contribution is -2.17. The van der Waals surface area contributed by atoms with Crippen molar-refractivity contribution in [2.75, 3.05) is 4.72 Å². The van der Waals surface area contributed by atoms with E-state index in [0.717, 1.165) is 27.7 Å². The highest BCUT2D eigenvalue weighted by molar-refractivity contribution is 7.92. The van der Waals surface area contributed by atoms with Gasteiger partial charge in [-0.2, -0.15) is 5.10 Å². The summed E-state index contributed by atoms with van der Waals surface area (Å²) in [5.41, 5.74) is 4.38. The molecule has 0 amide bonds. The van der Waals surface area contributed by atoms with Crippen molar-refractivity contribution in [1.29, 1.82) is 0 Å². The molecule has 1 N–H and O–H groups in total. The van der Waals surface area contributed by atoms with Gasteiger partial charge in [-0.15, -0.1) is 0 Å². The largest absolute Gasteiger partial charge is 0.263 e. The van der Waals surface area contributed by atoms with E-state index in [4.69, 9.17) is 0 Å². The Balaban J connectivity index is 1.77. The van der Waals surface area contributed by atoms with Crippen LogP contribution in [0, 0.1) is 13.8 Å². The summed E-state index contributed by atoms with van der Waals surface area (Å²) in [6.45, 7) is 10.1. The van der Waals surface area contributed by atoms with Crippen LogP contribution in [0.3, 0.4) is 0 Å². The first kappa shape index (κ1) is 21.1. The molecule has 31 heavy (non-hydrogen) atoms. The summed E-state index contributed by atoms with van der Waals surface area (Å²) in [4.78, 5) is 4.64. The first-order chi connectivity index (χ1) is 14.6. The summed E-state index contributed by atoms with van der Waals surface area (Å²) < 4.78 is 30.6.